The van der Waals surface area contributed by atoms with E-state index in [0.717, 1.165) is 22.9 Å². The van der Waals surface area contributed by atoms with Crippen LogP contribution >= 0.6 is 23.5 Å². The van der Waals surface area contributed by atoms with E-state index in [-0.39, 0.29) is 49.5 Å². The largest absolute Gasteiger partial charge is 0.375 e. The molecular formula is C29H32F4N4O6S2. The molecule has 4 heterocycles. The van der Waals surface area contributed by atoms with E-state index < -0.39 is 62.8 Å². The second-order valence-corrected chi connectivity index (χ2v) is 13.4. The van der Waals surface area contributed by atoms with Crippen molar-refractivity contribution in [3.8, 4) is 0 Å². The van der Waals surface area contributed by atoms with Gasteiger partial charge in [0.25, 0.3) is 11.4 Å². The van der Waals surface area contributed by atoms with E-state index >= 15 is 0 Å². The normalized spacial score (nSPS) is 30.1. The molecule has 2 aromatic rings. The Morgan fingerprint density at radius 1 is 0.867 bits per heavy atom. The maximum atomic E-state index is 14.4. The molecule has 10 nitrogen and oxygen atoms in total. The predicted octanol–water partition coefficient (Wildman–Crippen LogP) is 6.98. The van der Waals surface area contributed by atoms with Gasteiger partial charge < -0.3 is 9.47 Å². The molecule has 0 N–H and O–H groups in total. The molecule has 0 aromatic heterocycles. The Morgan fingerprint density at radius 3 is 2.02 bits per heavy atom. The fraction of sp³-hybridized carbons (Fsp3) is 0.517. The van der Waals surface area contributed by atoms with Crippen LogP contribution in [0, 0.1) is 49.5 Å². The van der Waals surface area contributed by atoms with Crippen LogP contribution in [0.2, 0.25) is 0 Å². The van der Waals surface area contributed by atoms with Crippen LogP contribution in [0.1, 0.15) is 39.3 Å². The number of thioether (sulfide) groups is 2. The highest BCUT2D eigenvalue weighted by Crippen LogP contribution is 2.50. The van der Waals surface area contributed by atoms with E-state index in [1.807, 2.05) is 13.8 Å². The van der Waals surface area contributed by atoms with Gasteiger partial charge >= 0.3 is 0 Å². The smallest absolute Gasteiger partial charge is 0.272 e. The lowest BCUT2D eigenvalue weighted by atomic mass is 9.78. The quantitative estimate of drug-likeness (QED) is 0.189. The first kappa shape index (κ1) is 34.8. The monoisotopic (exact) mass is 672 g/mol. The summed E-state index contributed by atoms with van der Waals surface area (Å²) in [5.74, 6) is -2.29. The van der Waals surface area contributed by atoms with Crippen molar-refractivity contribution in [2.24, 2.45) is 21.8 Å². The number of rotatable bonds is 5. The fourth-order valence-electron chi connectivity index (χ4n) is 6.21. The van der Waals surface area contributed by atoms with Gasteiger partial charge in [0.2, 0.25) is 0 Å². The zero-order valence-corrected chi connectivity index (χ0v) is 25.4. The summed E-state index contributed by atoms with van der Waals surface area (Å²) in [7, 11) is 0. The third-order valence-corrected chi connectivity index (χ3v) is 10.5. The van der Waals surface area contributed by atoms with Crippen molar-refractivity contribution in [1.82, 2.24) is 0 Å². The van der Waals surface area contributed by atoms with Crippen LogP contribution in [0.15, 0.2) is 40.3 Å². The number of nitro groups is 2. The Kier molecular flexibility index (Phi) is 10.3. The summed E-state index contributed by atoms with van der Waals surface area (Å²) < 4.78 is 66.9. The first-order chi connectivity index (χ1) is 20.8. The van der Waals surface area contributed by atoms with Crippen LogP contribution in [-0.2, 0) is 20.6 Å². The maximum Gasteiger partial charge on any atom is 0.272 e. The second kappa shape index (κ2) is 13.3. The van der Waals surface area contributed by atoms with Crippen LogP contribution < -0.4 is 0 Å². The minimum Gasteiger partial charge on any atom is -0.375 e. The molecule has 0 saturated carbocycles. The van der Waals surface area contributed by atoms with Crippen molar-refractivity contribution in [1.29, 1.82) is 0 Å². The number of halogens is 4. The highest BCUT2D eigenvalue weighted by Gasteiger charge is 2.55. The van der Waals surface area contributed by atoms with Crippen molar-refractivity contribution in [3.05, 3.63) is 79.1 Å². The highest BCUT2D eigenvalue weighted by atomic mass is 32.2. The molecule has 0 unspecified atom stereocenters. The van der Waals surface area contributed by atoms with Gasteiger partial charge in [-0.1, -0.05) is 7.43 Å². The number of hydrogen-bond acceptors (Lipinski definition) is 10. The standard InChI is InChI=1S/C14H13F3N2O3S.C14H15FN2O3S.CH4/c1-7-18-14(6-22-12(4-15)10(14)5-23-7)9-2-8(19(20)21)3-11(16)13(9)17;1-8-12-6-21-9(2)16-14(12,7-20-8)11-5-10(17(18)19)3-4-13(11)15;/h2-3,10,12H,4-6H2,1H3;3-5,8,12H,6-7H2,1-2H3;1H4/t10-,12-,14-;8-,12-,14-;/m11./s1. The average Bonchev–Trinajstić information content (AvgIpc) is 3.52. The highest BCUT2D eigenvalue weighted by molar-refractivity contribution is 8.14. The zero-order valence-electron chi connectivity index (χ0n) is 23.8. The molecular weight excluding hydrogens is 640 g/mol. The third-order valence-electron chi connectivity index (χ3n) is 8.45. The summed E-state index contributed by atoms with van der Waals surface area (Å²) in [5.41, 5.74) is -2.84. The minimum absolute atomic E-state index is 0. The van der Waals surface area contributed by atoms with Crippen molar-refractivity contribution < 1.29 is 36.9 Å². The number of nitro benzene ring substituents is 2. The lowest BCUT2D eigenvalue weighted by Gasteiger charge is -2.35. The topological polar surface area (TPSA) is 129 Å². The molecule has 0 aliphatic carbocycles. The number of benzene rings is 2. The molecule has 0 amide bonds. The van der Waals surface area contributed by atoms with Crippen molar-refractivity contribution in [3.63, 3.8) is 0 Å². The van der Waals surface area contributed by atoms with Crippen molar-refractivity contribution in [2.45, 2.75) is 51.5 Å². The lowest BCUT2D eigenvalue weighted by Crippen LogP contribution is -2.41. The molecule has 2 fully saturated rings. The first-order valence-corrected chi connectivity index (χ1v) is 15.6. The molecule has 6 rings (SSSR count). The van der Waals surface area contributed by atoms with Gasteiger partial charge in [-0.05, 0) is 26.8 Å². The summed E-state index contributed by atoms with van der Waals surface area (Å²) in [6, 6.07) is 5.13. The fourth-order valence-corrected chi connectivity index (χ4v) is 8.55. The van der Waals surface area contributed by atoms with Crippen LogP contribution in [0.25, 0.3) is 0 Å². The predicted molar refractivity (Wildman–Crippen MR) is 165 cm³/mol. The zero-order chi connectivity index (χ0) is 32.0. The van der Waals surface area contributed by atoms with Crippen LogP contribution in [0.4, 0.5) is 28.9 Å². The van der Waals surface area contributed by atoms with Gasteiger partial charge in [0.15, 0.2) is 11.6 Å². The van der Waals surface area contributed by atoms with E-state index in [9.17, 15) is 37.8 Å². The van der Waals surface area contributed by atoms with Gasteiger partial charge in [-0.25, -0.2) is 17.6 Å². The Hall–Kier alpha value is -3.08. The van der Waals surface area contributed by atoms with E-state index in [2.05, 4.69) is 9.98 Å². The van der Waals surface area contributed by atoms with Gasteiger partial charge in [-0.2, -0.15) is 0 Å². The number of fused-ring (bicyclic) bond motifs is 2. The number of hydrogen-bond donors (Lipinski definition) is 0. The number of non-ortho nitro benzene ring substituents is 2. The van der Waals surface area contributed by atoms with Crippen LogP contribution in [0.3, 0.4) is 0 Å². The van der Waals surface area contributed by atoms with Gasteiger partial charge in [0.05, 0.1) is 51.4 Å². The van der Waals surface area contributed by atoms with Crippen molar-refractivity contribution in [2.75, 3.05) is 31.4 Å². The molecule has 4 aliphatic rings. The summed E-state index contributed by atoms with van der Waals surface area (Å²) in [4.78, 5) is 29.7. The summed E-state index contributed by atoms with van der Waals surface area (Å²) >= 11 is 3.00. The van der Waals surface area contributed by atoms with Gasteiger partial charge in [-0.15, -0.1) is 23.5 Å². The average molecular weight is 673 g/mol. The Labute approximate surface area is 265 Å². The molecule has 0 bridgehead atoms. The van der Waals surface area contributed by atoms with Crippen molar-refractivity contribution >= 4 is 45.0 Å². The summed E-state index contributed by atoms with van der Waals surface area (Å²) in [6.07, 6.45) is -0.839. The third kappa shape index (κ3) is 6.21. The molecule has 4 aliphatic heterocycles. The number of ether oxygens (including phenoxy) is 2. The molecule has 16 heteroatoms. The van der Waals surface area contributed by atoms with E-state index in [1.165, 1.54) is 23.9 Å². The van der Waals surface area contributed by atoms with Gasteiger partial charge in [0.1, 0.15) is 23.6 Å². The second-order valence-electron chi connectivity index (χ2n) is 10.9. The SMILES string of the molecule is C.CC1=N[C@@]2(c3cc([N+](=O)[O-])cc(F)c3F)CO[C@H](CF)[C@H]2CS1.CC1=N[C@@]2(c3cc([N+](=O)[O-])ccc3F)CO[C@H](C)[C@H]2CS1. The maximum absolute atomic E-state index is 14.4. The molecule has 244 valence electrons. The lowest BCUT2D eigenvalue weighted by molar-refractivity contribution is -0.385. The van der Waals surface area contributed by atoms with E-state index in [4.69, 9.17) is 9.47 Å². The van der Waals surface area contributed by atoms with Crippen LogP contribution in [-0.4, -0.2) is 63.5 Å². The molecule has 2 saturated heterocycles. The Balaban J connectivity index is 0.000000201. The molecule has 6 atom stereocenters. The molecule has 0 radical (unpaired) electrons. The van der Waals surface area contributed by atoms with Gasteiger partial charge in [-0.3, -0.25) is 30.2 Å². The van der Waals surface area contributed by atoms with E-state index in [1.54, 1.807) is 18.7 Å². The Morgan fingerprint density at radius 2 is 1.42 bits per heavy atom. The summed E-state index contributed by atoms with van der Waals surface area (Å²) in [5, 5.41) is 23.4. The summed E-state index contributed by atoms with van der Waals surface area (Å²) in [6.45, 7) is 4.87. The van der Waals surface area contributed by atoms with E-state index in [0.29, 0.717) is 16.9 Å². The number of alkyl halides is 1. The molecule has 45 heavy (non-hydrogen) atoms. The number of aliphatic imine (C=N–C) groups is 2. The minimum atomic E-state index is -1.33. The van der Waals surface area contributed by atoms with Gasteiger partial charge in [0, 0.05) is 52.7 Å². The first-order valence-electron chi connectivity index (χ1n) is 13.6. The molecule has 0 spiro atoms. The molecule has 2 aromatic carbocycles. The van der Waals surface area contributed by atoms with Crippen LogP contribution in [0.5, 0.6) is 0 Å². The number of nitrogens with zero attached hydrogens (tertiary/aromatic N) is 4. The Bertz CT molecular complexity index is 1560.